The molecular weight excluding hydrogens is 535 g/mol. The number of anilines is 1. The van der Waals surface area contributed by atoms with Gasteiger partial charge in [0.15, 0.2) is 11.8 Å². The first kappa shape index (κ1) is 26.2. The number of carbonyl (C=O) groups is 3. The van der Waals surface area contributed by atoms with E-state index in [1.54, 1.807) is 23.1 Å². The van der Waals surface area contributed by atoms with Crippen molar-refractivity contribution in [1.29, 1.82) is 0 Å². The zero-order valence-corrected chi connectivity index (χ0v) is 22.7. The van der Waals surface area contributed by atoms with Crippen molar-refractivity contribution in [3.8, 4) is 0 Å². The van der Waals surface area contributed by atoms with Gasteiger partial charge in [-0.1, -0.05) is 60.7 Å². The van der Waals surface area contributed by atoms with E-state index >= 15 is 0 Å². The minimum absolute atomic E-state index is 0.0251. The molecule has 0 radical (unpaired) electrons. The largest absolute Gasteiger partial charge is 0.467 e. The first-order chi connectivity index (χ1) is 17.8. The maximum atomic E-state index is 13.2. The minimum Gasteiger partial charge on any atom is -0.467 e. The van der Waals surface area contributed by atoms with Gasteiger partial charge in [-0.3, -0.25) is 14.6 Å². The van der Waals surface area contributed by atoms with Crippen LogP contribution in [0.2, 0.25) is 10.0 Å². The van der Waals surface area contributed by atoms with Gasteiger partial charge >= 0.3 is 5.97 Å². The fourth-order valence-electron chi connectivity index (χ4n) is 5.84. The highest BCUT2D eigenvalue weighted by Gasteiger charge is 2.58. The average Bonchev–Trinajstić information content (AvgIpc) is 3.33. The van der Waals surface area contributed by atoms with Crippen LogP contribution < -0.4 is 4.90 Å². The third-order valence-corrected chi connectivity index (χ3v) is 8.83. The molecule has 2 aliphatic carbocycles. The Morgan fingerprint density at radius 1 is 1.14 bits per heavy atom. The number of benzene rings is 2. The van der Waals surface area contributed by atoms with Crippen LogP contribution in [0.25, 0.3) is 0 Å². The number of hydrogen-bond donors (Lipinski definition) is 0. The molecule has 2 unspecified atom stereocenters. The van der Waals surface area contributed by atoms with Gasteiger partial charge in [-0.15, -0.1) is 11.6 Å². The Morgan fingerprint density at radius 3 is 2.51 bits per heavy atom. The predicted octanol–water partition coefficient (Wildman–Crippen LogP) is 5.86. The lowest BCUT2D eigenvalue weighted by atomic mass is 9.58. The van der Waals surface area contributed by atoms with Gasteiger partial charge in [0.05, 0.1) is 33.8 Å². The van der Waals surface area contributed by atoms with Crippen molar-refractivity contribution in [2.45, 2.75) is 56.4 Å². The summed E-state index contributed by atoms with van der Waals surface area (Å²) in [6.45, 7) is 0.500. The molecule has 1 heterocycles. The van der Waals surface area contributed by atoms with Crippen molar-refractivity contribution >= 4 is 63.9 Å². The first-order valence-corrected chi connectivity index (χ1v) is 13.7. The van der Waals surface area contributed by atoms with Crippen molar-refractivity contribution in [3.63, 3.8) is 0 Å². The molecule has 6 nitrogen and oxygen atoms in total. The van der Waals surface area contributed by atoms with Gasteiger partial charge in [-0.25, -0.2) is 4.79 Å². The van der Waals surface area contributed by atoms with Crippen LogP contribution >= 0.6 is 34.8 Å². The van der Waals surface area contributed by atoms with Crippen molar-refractivity contribution in [2.75, 3.05) is 18.6 Å². The van der Waals surface area contributed by atoms with Crippen LogP contribution in [-0.2, 0) is 27.2 Å². The third kappa shape index (κ3) is 4.58. The second kappa shape index (κ2) is 10.4. The molecule has 2 fully saturated rings. The van der Waals surface area contributed by atoms with Gasteiger partial charge in [0.2, 0.25) is 0 Å². The SMILES string of the molecule is COC(=O)C(Cc1ccc2c(c1)CCN2C(=O)c1c(Cl)cccc1Cl)N=C1C(Cl)C(=O)C12CCCCC2. The summed E-state index contributed by atoms with van der Waals surface area (Å²) in [5.41, 5.74) is 2.96. The van der Waals surface area contributed by atoms with Crippen LogP contribution in [0.5, 0.6) is 0 Å². The van der Waals surface area contributed by atoms with E-state index in [-0.39, 0.29) is 17.3 Å². The molecule has 2 aromatic rings. The zero-order chi connectivity index (χ0) is 26.3. The number of esters is 1. The summed E-state index contributed by atoms with van der Waals surface area (Å²) in [6.07, 6.45) is 5.44. The second-order valence-corrected chi connectivity index (χ2v) is 11.1. The molecule has 0 saturated heterocycles. The number of hydrogen-bond acceptors (Lipinski definition) is 5. The number of nitrogens with zero attached hydrogens (tertiary/aromatic N) is 2. The molecule has 0 bridgehead atoms. The number of methoxy groups -OCH3 is 1. The molecule has 1 amide bonds. The van der Waals surface area contributed by atoms with Crippen LogP contribution in [0.3, 0.4) is 0 Å². The normalized spacial score (nSPS) is 22.1. The van der Waals surface area contributed by atoms with Gasteiger partial charge in [0.25, 0.3) is 5.91 Å². The highest BCUT2D eigenvalue weighted by atomic mass is 35.5. The number of aliphatic imine (C=N–C) groups is 1. The number of carbonyl (C=O) groups excluding carboxylic acids is 3. The van der Waals surface area contributed by atoms with E-state index in [4.69, 9.17) is 44.5 Å². The maximum Gasteiger partial charge on any atom is 0.330 e. The molecule has 0 N–H and O–H groups in total. The van der Waals surface area contributed by atoms with Crippen LogP contribution in [-0.4, -0.2) is 48.4 Å². The number of alkyl halides is 1. The van der Waals surface area contributed by atoms with Gasteiger partial charge in [-0.2, -0.15) is 0 Å². The Bertz CT molecular complexity index is 1280. The summed E-state index contributed by atoms with van der Waals surface area (Å²) in [5.74, 6) is -0.689. The van der Waals surface area contributed by atoms with Crippen molar-refractivity contribution in [1.82, 2.24) is 0 Å². The summed E-state index contributed by atoms with van der Waals surface area (Å²) in [6, 6.07) is 9.95. The Morgan fingerprint density at radius 2 is 1.84 bits per heavy atom. The van der Waals surface area contributed by atoms with E-state index in [2.05, 4.69) is 0 Å². The van der Waals surface area contributed by atoms with Gasteiger partial charge in [0.1, 0.15) is 5.38 Å². The van der Waals surface area contributed by atoms with E-state index in [1.807, 2.05) is 18.2 Å². The Balaban J connectivity index is 1.39. The van der Waals surface area contributed by atoms with E-state index in [0.717, 1.165) is 48.9 Å². The molecule has 1 aliphatic heterocycles. The summed E-state index contributed by atoms with van der Waals surface area (Å²) >= 11 is 18.9. The third-order valence-electron chi connectivity index (χ3n) is 7.80. The van der Waals surface area contributed by atoms with Crippen molar-refractivity contribution in [3.05, 3.63) is 63.1 Å². The van der Waals surface area contributed by atoms with E-state index in [0.29, 0.717) is 35.1 Å². The van der Waals surface area contributed by atoms with Crippen LogP contribution in [0.15, 0.2) is 41.4 Å². The molecule has 194 valence electrons. The lowest BCUT2D eigenvalue weighted by Crippen LogP contribution is -2.61. The maximum absolute atomic E-state index is 13.2. The Kier molecular flexibility index (Phi) is 7.36. The number of rotatable bonds is 5. The molecule has 2 atom stereocenters. The standard InChI is InChI=1S/C28H27Cl3N2O4/c1-37-27(36)20(32-24-23(31)25(34)28(24)11-3-2-4-12-28)15-16-8-9-21-17(14-16)10-13-33(21)26(35)22-18(29)6-5-7-19(22)30/h5-9,14,20,23H,2-4,10-13,15H2,1H3. The Hall–Kier alpha value is -2.41. The monoisotopic (exact) mass is 560 g/mol. The van der Waals surface area contributed by atoms with Gasteiger partial charge < -0.3 is 9.64 Å². The second-order valence-electron chi connectivity index (χ2n) is 9.89. The zero-order valence-electron chi connectivity index (χ0n) is 20.4. The number of halogens is 3. The van der Waals surface area contributed by atoms with Crippen LogP contribution in [0.4, 0.5) is 5.69 Å². The molecular formula is C28H27Cl3N2O4. The van der Waals surface area contributed by atoms with Gasteiger partial charge in [0, 0.05) is 18.7 Å². The van der Waals surface area contributed by atoms with Crippen LogP contribution in [0, 0.1) is 5.41 Å². The molecule has 2 saturated carbocycles. The Labute approximate surface area is 230 Å². The number of ether oxygens (including phenoxy) is 1. The van der Waals surface area contributed by atoms with E-state index in [9.17, 15) is 14.4 Å². The molecule has 1 spiro atoms. The van der Waals surface area contributed by atoms with E-state index in [1.165, 1.54) is 7.11 Å². The summed E-state index contributed by atoms with van der Waals surface area (Å²) < 4.78 is 5.05. The summed E-state index contributed by atoms with van der Waals surface area (Å²) in [7, 11) is 1.34. The van der Waals surface area contributed by atoms with Gasteiger partial charge in [-0.05, 0) is 48.6 Å². The minimum atomic E-state index is -0.799. The number of Topliss-reactive ketones (excluding diaryl/α,β-unsaturated/α-hetero) is 1. The molecule has 2 aromatic carbocycles. The smallest absolute Gasteiger partial charge is 0.330 e. The number of ketones is 1. The topological polar surface area (TPSA) is 76.0 Å². The molecule has 9 heteroatoms. The summed E-state index contributed by atoms with van der Waals surface area (Å²) in [5, 5.41) is -0.155. The molecule has 0 aromatic heterocycles. The number of amides is 1. The van der Waals surface area contributed by atoms with Crippen molar-refractivity contribution in [2.24, 2.45) is 10.4 Å². The molecule has 37 heavy (non-hydrogen) atoms. The fourth-order valence-corrected chi connectivity index (χ4v) is 6.88. The molecule has 3 aliphatic rings. The van der Waals surface area contributed by atoms with Crippen molar-refractivity contribution < 1.29 is 19.1 Å². The number of fused-ring (bicyclic) bond motifs is 1. The predicted molar refractivity (Wildman–Crippen MR) is 145 cm³/mol. The lowest BCUT2D eigenvalue weighted by molar-refractivity contribution is -0.142. The lowest BCUT2D eigenvalue weighted by Gasteiger charge is -2.47. The first-order valence-electron chi connectivity index (χ1n) is 12.5. The highest BCUT2D eigenvalue weighted by molar-refractivity contribution is 6.54. The average molecular weight is 562 g/mol. The molecule has 5 rings (SSSR count). The summed E-state index contributed by atoms with van der Waals surface area (Å²) in [4.78, 5) is 45.1. The van der Waals surface area contributed by atoms with E-state index < -0.39 is 22.8 Å². The fraction of sp³-hybridized carbons (Fsp3) is 0.429. The van der Waals surface area contributed by atoms with Crippen LogP contribution in [0.1, 0.15) is 53.6 Å². The highest BCUT2D eigenvalue weighted by Crippen LogP contribution is 2.49. The quantitative estimate of drug-likeness (QED) is 0.338.